The van der Waals surface area contributed by atoms with Crippen molar-refractivity contribution in [2.45, 2.75) is 33.2 Å². The fraction of sp³-hybridized carbons (Fsp3) is 0.500. The number of carbonyl (C=O) groups excluding carboxylic acids is 2. The molecule has 0 aliphatic heterocycles. The maximum absolute atomic E-state index is 12.7. The van der Waals surface area contributed by atoms with Gasteiger partial charge >= 0.3 is 5.97 Å². The minimum atomic E-state index is -0.607. The summed E-state index contributed by atoms with van der Waals surface area (Å²) in [5, 5.41) is 3.04. The van der Waals surface area contributed by atoms with E-state index in [1.54, 1.807) is 19.1 Å². The minimum absolute atomic E-state index is 0.0115. The molecule has 0 aromatic heterocycles. The first-order valence-corrected chi connectivity index (χ1v) is 7.11. The standard InChI is InChI=1S/C16H23NO4/c1-5-17-13(10-15(18)21-6-2)16(19)12-9-11(3)7-8-14(12)20-4/h7-9,13,17H,5-6,10H2,1-4H3. The maximum Gasteiger partial charge on any atom is 0.307 e. The summed E-state index contributed by atoms with van der Waals surface area (Å²) >= 11 is 0. The normalized spacial score (nSPS) is 11.8. The average molecular weight is 293 g/mol. The van der Waals surface area contributed by atoms with Crippen molar-refractivity contribution in [2.75, 3.05) is 20.3 Å². The SMILES string of the molecule is CCNC(CC(=O)OCC)C(=O)c1cc(C)ccc1OC. The van der Waals surface area contributed by atoms with Crippen molar-refractivity contribution in [3.63, 3.8) is 0 Å². The molecule has 0 spiro atoms. The van der Waals surface area contributed by atoms with Gasteiger partial charge in [0.15, 0.2) is 5.78 Å². The van der Waals surface area contributed by atoms with E-state index < -0.39 is 6.04 Å². The zero-order chi connectivity index (χ0) is 15.8. The molecule has 1 atom stereocenters. The largest absolute Gasteiger partial charge is 0.496 e. The van der Waals surface area contributed by atoms with Crippen LogP contribution in [0.5, 0.6) is 5.75 Å². The number of likely N-dealkylation sites (N-methyl/N-ethyl adjacent to an activating group) is 1. The molecule has 0 saturated carbocycles. The summed E-state index contributed by atoms with van der Waals surface area (Å²) in [6.07, 6.45) is 0.0115. The zero-order valence-electron chi connectivity index (χ0n) is 13.1. The Morgan fingerprint density at radius 1 is 1.29 bits per heavy atom. The quantitative estimate of drug-likeness (QED) is 0.587. The lowest BCUT2D eigenvalue weighted by Gasteiger charge is -2.17. The van der Waals surface area contributed by atoms with Gasteiger partial charge in [0.25, 0.3) is 0 Å². The Morgan fingerprint density at radius 3 is 2.57 bits per heavy atom. The van der Waals surface area contributed by atoms with E-state index in [1.165, 1.54) is 7.11 Å². The van der Waals surface area contributed by atoms with Gasteiger partial charge in [-0.05, 0) is 32.5 Å². The molecule has 116 valence electrons. The highest BCUT2D eigenvalue weighted by Gasteiger charge is 2.25. The number of hydrogen-bond donors (Lipinski definition) is 1. The molecule has 1 aromatic rings. The van der Waals surface area contributed by atoms with Crippen LogP contribution in [0.3, 0.4) is 0 Å². The lowest BCUT2D eigenvalue weighted by atomic mass is 9.99. The van der Waals surface area contributed by atoms with E-state index >= 15 is 0 Å². The number of aryl methyl sites for hydroxylation is 1. The second kappa shape index (κ2) is 8.42. The number of methoxy groups -OCH3 is 1. The van der Waals surface area contributed by atoms with Gasteiger partial charge in [-0.2, -0.15) is 0 Å². The molecular formula is C16H23NO4. The maximum atomic E-state index is 12.7. The molecule has 1 rings (SSSR count). The predicted octanol–water partition coefficient (Wildman–Crippen LogP) is 2.12. The van der Waals surface area contributed by atoms with Crippen molar-refractivity contribution in [1.82, 2.24) is 5.32 Å². The smallest absolute Gasteiger partial charge is 0.307 e. The van der Waals surface area contributed by atoms with Gasteiger partial charge in [0.05, 0.1) is 31.7 Å². The molecular weight excluding hydrogens is 270 g/mol. The number of rotatable bonds is 8. The van der Waals surface area contributed by atoms with Crippen LogP contribution in [0.15, 0.2) is 18.2 Å². The van der Waals surface area contributed by atoms with Crippen LogP contribution < -0.4 is 10.1 Å². The Labute approximate surface area is 125 Å². The van der Waals surface area contributed by atoms with Crippen molar-refractivity contribution < 1.29 is 19.1 Å². The second-order valence-corrected chi connectivity index (χ2v) is 4.69. The molecule has 21 heavy (non-hydrogen) atoms. The Balaban J connectivity index is 2.99. The molecule has 0 aliphatic carbocycles. The number of Topliss-reactive ketones (excluding diaryl/α,β-unsaturated/α-hetero) is 1. The zero-order valence-corrected chi connectivity index (χ0v) is 13.1. The van der Waals surface area contributed by atoms with Crippen LogP contribution in [-0.2, 0) is 9.53 Å². The number of ether oxygens (including phenoxy) is 2. The Kier molecular flexibility index (Phi) is 6.88. The third-order valence-corrected chi connectivity index (χ3v) is 3.06. The molecule has 0 saturated heterocycles. The lowest BCUT2D eigenvalue weighted by Crippen LogP contribution is -2.39. The summed E-state index contributed by atoms with van der Waals surface area (Å²) in [5.74, 6) is -0.0359. The topological polar surface area (TPSA) is 64.6 Å². The minimum Gasteiger partial charge on any atom is -0.496 e. The van der Waals surface area contributed by atoms with Gasteiger partial charge in [-0.15, -0.1) is 0 Å². The van der Waals surface area contributed by atoms with Crippen LogP contribution in [0.2, 0.25) is 0 Å². The van der Waals surface area contributed by atoms with Gasteiger partial charge in [-0.1, -0.05) is 18.6 Å². The van der Waals surface area contributed by atoms with Crippen LogP contribution in [0.25, 0.3) is 0 Å². The first kappa shape index (κ1) is 17.2. The summed E-state index contributed by atoms with van der Waals surface area (Å²) < 4.78 is 10.2. The van der Waals surface area contributed by atoms with E-state index in [1.807, 2.05) is 19.9 Å². The highest BCUT2D eigenvalue weighted by Crippen LogP contribution is 2.22. The van der Waals surface area contributed by atoms with Crippen LogP contribution in [0, 0.1) is 6.92 Å². The average Bonchev–Trinajstić information content (AvgIpc) is 2.46. The molecule has 1 N–H and O–H groups in total. The fourth-order valence-electron chi connectivity index (χ4n) is 2.09. The van der Waals surface area contributed by atoms with E-state index in [9.17, 15) is 9.59 Å². The molecule has 5 nitrogen and oxygen atoms in total. The van der Waals surface area contributed by atoms with E-state index in [2.05, 4.69) is 5.32 Å². The van der Waals surface area contributed by atoms with Gasteiger partial charge in [-0.25, -0.2) is 0 Å². The van der Waals surface area contributed by atoms with Crippen molar-refractivity contribution in [3.05, 3.63) is 29.3 Å². The number of hydrogen-bond acceptors (Lipinski definition) is 5. The molecule has 0 heterocycles. The first-order valence-electron chi connectivity index (χ1n) is 7.11. The van der Waals surface area contributed by atoms with Gasteiger partial charge in [0, 0.05) is 0 Å². The van der Waals surface area contributed by atoms with Gasteiger partial charge in [0.2, 0.25) is 0 Å². The van der Waals surface area contributed by atoms with Crippen LogP contribution in [-0.4, -0.2) is 38.1 Å². The molecule has 0 amide bonds. The Bertz CT molecular complexity index is 499. The molecule has 0 fully saturated rings. The van der Waals surface area contributed by atoms with Crippen molar-refractivity contribution in [2.24, 2.45) is 0 Å². The number of nitrogens with one attached hydrogen (secondary N) is 1. The van der Waals surface area contributed by atoms with E-state index in [4.69, 9.17) is 9.47 Å². The van der Waals surface area contributed by atoms with Crippen LogP contribution >= 0.6 is 0 Å². The lowest BCUT2D eigenvalue weighted by molar-refractivity contribution is -0.143. The molecule has 0 aliphatic rings. The highest BCUT2D eigenvalue weighted by atomic mass is 16.5. The Morgan fingerprint density at radius 2 is 2.00 bits per heavy atom. The van der Waals surface area contributed by atoms with Crippen molar-refractivity contribution >= 4 is 11.8 Å². The predicted molar refractivity (Wildman–Crippen MR) is 80.8 cm³/mol. The molecule has 0 bridgehead atoms. The second-order valence-electron chi connectivity index (χ2n) is 4.69. The highest BCUT2D eigenvalue weighted by molar-refractivity contribution is 6.04. The molecule has 1 aromatic carbocycles. The first-order chi connectivity index (χ1) is 10.0. The molecule has 1 unspecified atom stereocenters. The van der Waals surface area contributed by atoms with Gasteiger partial charge in [0.1, 0.15) is 5.75 Å². The Hall–Kier alpha value is -1.88. The number of esters is 1. The van der Waals surface area contributed by atoms with Gasteiger partial charge in [-0.3, -0.25) is 9.59 Å². The summed E-state index contributed by atoms with van der Waals surface area (Å²) in [5.41, 5.74) is 1.44. The number of ketones is 1. The third-order valence-electron chi connectivity index (χ3n) is 3.06. The van der Waals surface area contributed by atoms with Gasteiger partial charge < -0.3 is 14.8 Å². The third kappa shape index (κ3) is 4.86. The van der Waals surface area contributed by atoms with Crippen molar-refractivity contribution in [1.29, 1.82) is 0 Å². The molecule has 0 radical (unpaired) electrons. The van der Waals surface area contributed by atoms with Crippen LogP contribution in [0.1, 0.15) is 36.2 Å². The van der Waals surface area contributed by atoms with E-state index in [-0.39, 0.29) is 18.2 Å². The molecule has 5 heteroatoms. The van der Waals surface area contributed by atoms with E-state index in [0.717, 1.165) is 5.56 Å². The number of carbonyl (C=O) groups is 2. The number of benzene rings is 1. The van der Waals surface area contributed by atoms with Crippen molar-refractivity contribution in [3.8, 4) is 5.75 Å². The fourth-order valence-corrected chi connectivity index (χ4v) is 2.09. The summed E-state index contributed by atoms with van der Waals surface area (Å²) in [6.45, 7) is 6.43. The summed E-state index contributed by atoms with van der Waals surface area (Å²) in [7, 11) is 1.52. The van der Waals surface area contributed by atoms with E-state index in [0.29, 0.717) is 24.5 Å². The monoisotopic (exact) mass is 293 g/mol. The van der Waals surface area contributed by atoms with Crippen LogP contribution in [0.4, 0.5) is 0 Å². The summed E-state index contributed by atoms with van der Waals surface area (Å²) in [6, 6.07) is 4.81. The summed E-state index contributed by atoms with van der Waals surface area (Å²) in [4.78, 5) is 24.3.